The smallest absolute Gasteiger partial charge is 0.136 e. The van der Waals surface area contributed by atoms with Gasteiger partial charge < -0.3 is 19.9 Å². The van der Waals surface area contributed by atoms with Crippen molar-refractivity contribution in [3.63, 3.8) is 0 Å². The van der Waals surface area contributed by atoms with Gasteiger partial charge in [0.05, 0.1) is 24.2 Å². The maximum Gasteiger partial charge on any atom is 0.136 e. The molecule has 0 fully saturated rings. The van der Waals surface area contributed by atoms with E-state index >= 15 is 0 Å². The molecule has 0 spiro atoms. The fourth-order valence-electron chi connectivity index (χ4n) is 12.9. The second kappa shape index (κ2) is 29.6. The summed E-state index contributed by atoms with van der Waals surface area (Å²) in [4.78, 5) is 18.3. The Bertz CT molecular complexity index is 4220. The Morgan fingerprint density at radius 1 is 0.348 bits per heavy atom. The van der Waals surface area contributed by atoms with E-state index in [1.165, 1.54) is 69.7 Å². The first-order valence-electron chi connectivity index (χ1n) is 31.6. The van der Waals surface area contributed by atoms with Gasteiger partial charge in [0.1, 0.15) is 8.07 Å². The van der Waals surface area contributed by atoms with Crippen molar-refractivity contribution >= 4 is 73.8 Å². The molecular formula is C82H80Ir2N4Si4-4. The Morgan fingerprint density at radius 2 is 0.739 bits per heavy atom. The summed E-state index contributed by atoms with van der Waals surface area (Å²) in [5, 5.41) is 11.7. The molecule has 2 aliphatic heterocycles. The van der Waals surface area contributed by atoms with E-state index in [0.29, 0.717) is 11.8 Å². The van der Waals surface area contributed by atoms with Gasteiger partial charge in [-0.1, -0.05) is 263 Å². The predicted molar refractivity (Wildman–Crippen MR) is 393 cm³/mol. The van der Waals surface area contributed by atoms with Gasteiger partial charge in [0.25, 0.3) is 0 Å². The summed E-state index contributed by atoms with van der Waals surface area (Å²) in [6.07, 6.45) is 7.87. The standard InChI is InChI=1S/C35H34NSi2.C25H30NSi2.2C11H8N.2Ir/c1-25(2)30-23-32(36-24-35(30)37(3,4)5)26-20-21-34-31(22-26)29-18-12-13-19-33(29)38(34,27-14-8-6-9-15-27)28-16-10-7-11-17-28;1-17(2)20-15-22(26-16-25(20)27(3,4)5)18-12-13-24-21(14-18)19-10-8-9-11-23(19)28(24,6)7;2*1-2-6-10(7-3-1)11-8-4-5-9-12-11;;/h6-19,21-25H,1-5H3;8-11,13-17H,1-7H3;2*1-6,8-9H;;/q4*-1;;. The molecule has 0 atom stereocenters. The molecule has 12 aromatic rings. The first-order valence-corrected chi connectivity index (χ1v) is 43.6. The van der Waals surface area contributed by atoms with Crippen molar-refractivity contribution in [2.24, 2.45) is 0 Å². The molecular weight excluding hydrogens is 1540 g/mol. The van der Waals surface area contributed by atoms with Crippen LogP contribution >= 0.6 is 0 Å². The van der Waals surface area contributed by atoms with Crippen LogP contribution in [-0.2, 0) is 40.2 Å². The van der Waals surface area contributed by atoms with Crippen molar-refractivity contribution in [3.05, 3.63) is 291 Å². The average molecular weight is 1620 g/mol. The Labute approximate surface area is 579 Å². The van der Waals surface area contributed by atoms with Crippen molar-refractivity contribution in [1.29, 1.82) is 0 Å². The fourth-order valence-corrected chi connectivity index (χ4v) is 24.4. The Hall–Kier alpha value is -7.47. The topological polar surface area (TPSA) is 51.6 Å². The molecule has 6 heterocycles. The number of nitrogens with zero attached hydrogens (tertiary/aromatic N) is 4. The van der Waals surface area contributed by atoms with E-state index in [4.69, 9.17) is 9.97 Å². The molecule has 2 aliphatic rings. The SMILES string of the molecule is CC(C)c1cc(-c2[c-]cc3c(c2)-c2ccccc2[Si]3(C)C)ncc1[Si](C)(C)C.CC(C)c1cc(-c2[c-]cc3c(c2)-c2ccccc2[Si]3(c2ccccc2)c2ccccc2)ncc1[Si](C)(C)C.[Ir].[Ir].[c-]1ccccc1-c1ccccn1.[c-]1ccccc1-c1ccccn1. The molecule has 8 aromatic carbocycles. The van der Waals surface area contributed by atoms with Crippen LogP contribution in [0.25, 0.3) is 67.3 Å². The zero-order valence-corrected chi connectivity index (χ0v) is 63.6. The van der Waals surface area contributed by atoms with Crippen LogP contribution in [0, 0.1) is 24.3 Å². The van der Waals surface area contributed by atoms with Crippen molar-refractivity contribution < 1.29 is 40.2 Å². The van der Waals surface area contributed by atoms with Crippen LogP contribution in [0.2, 0.25) is 52.4 Å². The molecule has 0 saturated carbocycles. The van der Waals surface area contributed by atoms with Crippen molar-refractivity contribution in [2.75, 3.05) is 0 Å². The molecule has 0 unspecified atom stereocenters. The Morgan fingerprint density at radius 3 is 1.15 bits per heavy atom. The number of rotatable bonds is 10. The van der Waals surface area contributed by atoms with Gasteiger partial charge in [-0.15, -0.1) is 130 Å². The number of pyridine rings is 4. The van der Waals surface area contributed by atoms with Gasteiger partial charge in [-0.05, 0) is 73.4 Å². The Balaban J connectivity index is 0.000000161. The largest absolute Gasteiger partial charge is 0.305 e. The molecule has 0 bridgehead atoms. The molecule has 0 aliphatic carbocycles. The van der Waals surface area contributed by atoms with Crippen LogP contribution in [0.5, 0.6) is 0 Å². The number of fused-ring (bicyclic) bond motifs is 6. The third-order valence-corrected chi connectivity index (χ3v) is 30.0. The third-order valence-electron chi connectivity index (χ3n) is 17.5. The number of aromatic nitrogens is 4. The molecule has 4 aromatic heterocycles. The summed E-state index contributed by atoms with van der Waals surface area (Å²) in [5.41, 5.74) is 16.7. The molecule has 0 saturated heterocycles. The summed E-state index contributed by atoms with van der Waals surface area (Å²) < 4.78 is 0. The van der Waals surface area contributed by atoms with Gasteiger partial charge in [0.15, 0.2) is 0 Å². The summed E-state index contributed by atoms with van der Waals surface area (Å²) >= 11 is 0. The van der Waals surface area contributed by atoms with E-state index in [1.807, 2.05) is 84.9 Å². The van der Waals surface area contributed by atoms with E-state index in [1.54, 1.807) is 17.6 Å². The predicted octanol–water partition coefficient (Wildman–Crippen LogP) is 15.7. The van der Waals surface area contributed by atoms with Crippen molar-refractivity contribution in [3.8, 4) is 67.3 Å². The zero-order chi connectivity index (χ0) is 63.2. The van der Waals surface area contributed by atoms with Gasteiger partial charge in [0.2, 0.25) is 0 Å². The zero-order valence-electron chi connectivity index (χ0n) is 54.9. The second-order valence-electron chi connectivity index (χ2n) is 26.7. The minimum atomic E-state index is -2.46. The normalized spacial score (nSPS) is 12.8. The van der Waals surface area contributed by atoms with Crippen molar-refractivity contribution in [1.82, 2.24) is 19.9 Å². The quantitative estimate of drug-likeness (QED) is 0.101. The first-order chi connectivity index (χ1) is 43.3. The van der Waals surface area contributed by atoms with Gasteiger partial charge >= 0.3 is 0 Å². The number of benzene rings is 8. The van der Waals surface area contributed by atoms with Crippen LogP contribution in [0.4, 0.5) is 0 Å². The maximum absolute atomic E-state index is 5.01. The minimum absolute atomic E-state index is 0. The molecule has 466 valence electrons. The molecule has 0 N–H and O–H groups in total. The molecule has 2 radical (unpaired) electrons. The molecule has 14 rings (SSSR count). The molecule has 0 amide bonds. The molecule has 92 heavy (non-hydrogen) atoms. The van der Waals surface area contributed by atoms with Crippen molar-refractivity contribution in [2.45, 2.75) is 91.9 Å². The minimum Gasteiger partial charge on any atom is -0.305 e. The summed E-state index contributed by atoms with van der Waals surface area (Å²) in [6, 6.07) is 95.1. The van der Waals surface area contributed by atoms with Gasteiger partial charge in [-0.25, -0.2) is 0 Å². The average Bonchev–Trinajstić information content (AvgIpc) is 1.54. The van der Waals surface area contributed by atoms with Crippen LogP contribution in [0.15, 0.2) is 255 Å². The van der Waals surface area contributed by atoms with E-state index in [9.17, 15) is 0 Å². The van der Waals surface area contributed by atoms with Crippen LogP contribution in [0.3, 0.4) is 0 Å². The van der Waals surface area contributed by atoms with Gasteiger partial charge in [-0.3, -0.25) is 0 Å². The monoisotopic (exact) mass is 1620 g/mol. The summed E-state index contributed by atoms with van der Waals surface area (Å²) in [6.45, 7) is 28.5. The fraction of sp³-hybridized carbons (Fsp3) is 0.171. The summed E-state index contributed by atoms with van der Waals surface area (Å²) in [7, 11) is -6.98. The summed E-state index contributed by atoms with van der Waals surface area (Å²) in [5.74, 6) is 0.967. The number of hydrogen-bond donors (Lipinski definition) is 0. The first kappa shape index (κ1) is 68.9. The van der Waals surface area contributed by atoms with E-state index in [-0.39, 0.29) is 40.2 Å². The van der Waals surface area contributed by atoms with Crippen LogP contribution in [-0.4, -0.2) is 52.2 Å². The van der Waals surface area contributed by atoms with E-state index in [0.717, 1.165) is 45.0 Å². The third kappa shape index (κ3) is 14.5. The maximum atomic E-state index is 5.01. The molecule has 4 nitrogen and oxygen atoms in total. The van der Waals surface area contributed by atoms with E-state index < -0.39 is 32.3 Å². The van der Waals surface area contributed by atoms with Crippen LogP contribution < -0.4 is 41.5 Å². The van der Waals surface area contributed by atoms with E-state index in [2.05, 4.69) is 272 Å². The van der Waals surface area contributed by atoms with Gasteiger partial charge in [0, 0.05) is 65.0 Å². The Kier molecular flexibility index (Phi) is 22.2. The second-order valence-corrected chi connectivity index (χ2v) is 44.8. The van der Waals surface area contributed by atoms with Crippen LogP contribution in [0.1, 0.15) is 50.7 Å². The number of hydrogen-bond acceptors (Lipinski definition) is 4. The van der Waals surface area contributed by atoms with Gasteiger partial charge in [-0.2, -0.15) is 0 Å². The molecule has 10 heteroatoms.